The molecule has 1 aliphatic heterocycles. The van der Waals surface area contributed by atoms with Crippen LogP contribution in [0.15, 0.2) is 42.6 Å². The molecule has 0 unspecified atom stereocenters. The van der Waals surface area contributed by atoms with Crippen LogP contribution >= 0.6 is 18.7 Å². The minimum absolute atomic E-state index is 0.0818. The lowest BCUT2D eigenvalue weighted by Crippen LogP contribution is -2.19. The number of ether oxygens (including phenoxy) is 1. The monoisotopic (exact) mass is 570 g/mol. The molecule has 1 fully saturated rings. The molecule has 39 heavy (non-hydrogen) atoms. The Morgan fingerprint density at radius 1 is 1.15 bits per heavy atom. The molecule has 1 amide bonds. The van der Waals surface area contributed by atoms with Crippen LogP contribution in [-0.4, -0.2) is 60.8 Å². The highest BCUT2D eigenvalue weighted by Crippen LogP contribution is 2.39. The van der Waals surface area contributed by atoms with Crippen LogP contribution in [0, 0.1) is 17.7 Å². The van der Waals surface area contributed by atoms with Crippen molar-refractivity contribution >= 4 is 58.8 Å². The summed E-state index contributed by atoms with van der Waals surface area (Å²) >= 11 is 6.34. The van der Waals surface area contributed by atoms with Crippen LogP contribution in [0.1, 0.15) is 12.8 Å². The molecule has 0 radical (unpaired) electrons. The van der Waals surface area contributed by atoms with Gasteiger partial charge >= 0.3 is 0 Å². The zero-order chi connectivity index (χ0) is 28.0. The molecule has 2 heterocycles. The lowest BCUT2D eigenvalue weighted by atomic mass is 10.2. The first-order valence-corrected chi connectivity index (χ1v) is 15.2. The van der Waals surface area contributed by atoms with Gasteiger partial charge in [0.15, 0.2) is 11.6 Å². The molecule has 0 aliphatic carbocycles. The summed E-state index contributed by atoms with van der Waals surface area (Å²) in [5, 5.41) is 9.48. The van der Waals surface area contributed by atoms with Crippen molar-refractivity contribution in [3.8, 4) is 17.6 Å². The SMILES string of the molecule is COc1cc(F)c(NC(=O)C#CCN2CCCC2)cc1Nc1ncc(Cl)c(Nc2ccccc2P(C)(C)=O)n1. The largest absolute Gasteiger partial charge is 0.494 e. The van der Waals surface area contributed by atoms with Crippen molar-refractivity contribution < 1.29 is 18.5 Å². The van der Waals surface area contributed by atoms with Crippen LogP contribution in [0.25, 0.3) is 0 Å². The lowest BCUT2D eigenvalue weighted by molar-refractivity contribution is -0.111. The number of carbonyl (C=O) groups is 1. The number of nitrogens with zero attached hydrogens (tertiary/aromatic N) is 3. The van der Waals surface area contributed by atoms with E-state index in [1.54, 1.807) is 25.5 Å². The van der Waals surface area contributed by atoms with Gasteiger partial charge < -0.3 is 25.3 Å². The summed E-state index contributed by atoms with van der Waals surface area (Å²) in [5.41, 5.74) is 0.828. The molecule has 4 rings (SSSR count). The van der Waals surface area contributed by atoms with Crippen molar-refractivity contribution in [1.82, 2.24) is 14.9 Å². The standard InChI is InChI=1S/C27H29ClFN6O3P/c1-38-23-15-19(29)21(31-25(36)11-8-14-35-12-6-7-13-35)16-22(23)33-27-30-17-18(28)26(34-27)32-20-9-4-5-10-24(20)39(2,3)37/h4-5,9-10,15-17H,6-7,12-14H2,1-3H3,(H,31,36)(H2,30,32,33,34). The Morgan fingerprint density at radius 3 is 2.62 bits per heavy atom. The predicted molar refractivity (Wildman–Crippen MR) is 154 cm³/mol. The number of anilines is 5. The van der Waals surface area contributed by atoms with Crippen LogP contribution in [0.5, 0.6) is 5.75 Å². The van der Waals surface area contributed by atoms with Crippen molar-refractivity contribution in [2.24, 2.45) is 0 Å². The van der Waals surface area contributed by atoms with Gasteiger partial charge in [0.1, 0.15) is 17.9 Å². The van der Waals surface area contributed by atoms with Gasteiger partial charge in [-0.15, -0.1) is 0 Å². The molecule has 0 saturated carbocycles. The molecule has 1 aliphatic rings. The number of nitrogens with one attached hydrogen (secondary N) is 3. The van der Waals surface area contributed by atoms with Crippen LogP contribution in [0.3, 0.4) is 0 Å². The van der Waals surface area contributed by atoms with Gasteiger partial charge in [0.25, 0.3) is 5.91 Å². The third-order valence-electron chi connectivity index (χ3n) is 5.97. The zero-order valence-corrected chi connectivity index (χ0v) is 23.5. The zero-order valence-electron chi connectivity index (χ0n) is 21.8. The third-order valence-corrected chi connectivity index (χ3v) is 7.80. The summed E-state index contributed by atoms with van der Waals surface area (Å²) < 4.78 is 32.8. The molecular weight excluding hydrogens is 542 g/mol. The van der Waals surface area contributed by atoms with E-state index in [1.165, 1.54) is 19.4 Å². The highest BCUT2D eigenvalue weighted by Gasteiger charge is 2.18. The number of hydrogen-bond acceptors (Lipinski definition) is 8. The Labute approximate surface area is 231 Å². The summed E-state index contributed by atoms with van der Waals surface area (Å²) in [6, 6.07) is 9.71. The van der Waals surface area contributed by atoms with E-state index in [0.717, 1.165) is 32.0 Å². The fraction of sp³-hybridized carbons (Fsp3) is 0.296. The summed E-state index contributed by atoms with van der Waals surface area (Å²) in [6.07, 6.45) is 3.65. The molecule has 1 saturated heterocycles. The molecule has 0 atom stereocenters. The minimum atomic E-state index is -2.58. The molecular formula is C27H29ClFN6O3P. The number of para-hydroxylation sites is 1. The van der Waals surface area contributed by atoms with Gasteiger partial charge in [0, 0.05) is 11.4 Å². The second-order valence-electron chi connectivity index (χ2n) is 9.28. The topological polar surface area (TPSA) is 108 Å². The first kappa shape index (κ1) is 28.4. The van der Waals surface area contributed by atoms with Crippen molar-refractivity contribution in [2.45, 2.75) is 12.8 Å². The van der Waals surface area contributed by atoms with Gasteiger partial charge in [-0.1, -0.05) is 29.7 Å². The van der Waals surface area contributed by atoms with Crippen molar-refractivity contribution in [1.29, 1.82) is 0 Å². The number of hydrogen-bond donors (Lipinski definition) is 3. The number of halogens is 2. The molecule has 204 valence electrons. The second-order valence-corrected chi connectivity index (χ2v) is 12.9. The van der Waals surface area contributed by atoms with Crippen molar-refractivity contribution in [2.75, 3.05) is 56.0 Å². The second kappa shape index (κ2) is 12.5. The maximum absolute atomic E-state index is 14.7. The molecule has 1 aromatic heterocycles. The van der Waals surface area contributed by atoms with Gasteiger partial charge in [-0.25, -0.2) is 9.37 Å². The molecule has 0 bridgehead atoms. The molecule has 12 heteroatoms. The molecule has 9 nitrogen and oxygen atoms in total. The highest BCUT2D eigenvalue weighted by atomic mass is 35.5. The van der Waals surface area contributed by atoms with Gasteiger partial charge in [-0.05, 0) is 63.4 Å². The summed E-state index contributed by atoms with van der Waals surface area (Å²) in [7, 11) is -1.19. The highest BCUT2D eigenvalue weighted by molar-refractivity contribution is 7.70. The van der Waals surface area contributed by atoms with Gasteiger partial charge in [0.2, 0.25) is 5.95 Å². The normalized spacial score (nSPS) is 13.4. The van der Waals surface area contributed by atoms with E-state index in [9.17, 15) is 13.8 Å². The Balaban J connectivity index is 1.54. The van der Waals surface area contributed by atoms with Crippen molar-refractivity contribution in [3.05, 3.63) is 53.4 Å². The van der Waals surface area contributed by atoms with E-state index in [-0.39, 0.29) is 28.2 Å². The summed E-state index contributed by atoms with van der Waals surface area (Å²) in [4.78, 5) is 23.1. The summed E-state index contributed by atoms with van der Waals surface area (Å²) in [6.45, 7) is 5.78. The van der Waals surface area contributed by atoms with Crippen LogP contribution in [0.2, 0.25) is 5.02 Å². The van der Waals surface area contributed by atoms with Crippen LogP contribution in [-0.2, 0) is 9.36 Å². The van der Waals surface area contributed by atoms with Gasteiger partial charge in [0.05, 0.1) is 36.9 Å². The average Bonchev–Trinajstić information content (AvgIpc) is 3.41. The van der Waals surface area contributed by atoms with E-state index >= 15 is 0 Å². The Hall–Kier alpha value is -3.64. The van der Waals surface area contributed by atoms with Crippen LogP contribution < -0.4 is 26.0 Å². The summed E-state index contributed by atoms with van der Waals surface area (Å²) in [5.74, 6) is 4.60. The Morgan fingerprint density at radius 2 is 1.90 bits per heavy atom. The molecule has 2 aromatic carbocycles. The minimum Gasteiger partial charge on any atom is -0.494 e. The number of likely N-dealkylation sites (tertiary alicyclic amines) is 1. The molecule has 0 spiro atoms. The first-order valence-electron chi connectivity index (χ1n) is 12.2. The maximum Gasteiger partial charge on any atom is 0.300 e. The molecule has 3 aromatic rings. The van der Waals surface area contributed by atoms with Crippen molar-refractivity contribution in [3.63, 3.8) is 0 Å². The van der Waals surface area contributed by atoms with E-state index in [2.05, 4.69) is 42.7 Å². The maximum atomic E-state index is 14.7. The number of methoxy groups -OCH3 is 1. The number of carbonyl (C=O) groups excluding carboxylic acids is 1. The van der Waals surface area contributed by atoms with E-state index in [1.807, 2.05) is 12.1 Å². The fourth-order valence-corrected chi connectivity index (χ4v) is 5.35. The average molecular weight is 571 g/mol. The first-order chi connectivity index (χ1) is 18.6. The van der Waals surface area contributed by atoms with E-state index in [0.29, 0.717) is 23.2 Å². The van der Waals surface area contributed by atoms with Gasteiger partial charge in [-0.2, -0.15) is 4.98 Å². The quantitative estimate of drug-likeness (QED) is 0.255. The lowest BCUT2D eigenvalue weighted by Gasteiger charge is -2.16. The third kappa shape index (κ3) is 7.48. The Kier molecular flexibility index (Phi) is 9.08. The van der Waals surface area contributed by atoms with Crippen LogP contribution in [0.4, 0.5) is 33.2 Å². The fourth-order valence-electron chi connectivity index (χ4n) is 4.06. The van der Waals surface area contributed by atoms with E-state index in [4.69, 9.17) is 16.3 Å². The smallest absolute Gasteiger partial charge is 0.300 e. The Bertz CT molecular complexity index is 1480. The number of aromatic nitrogens is 2. The molecule has 3 N–H and O–H groups in total. The predicted octanol–water partition coefficient (Wildman–Crippen LogP) is 5.05. The van der Waals surface area contributed by atoms with E-state index < -0.39 is 18.9 Å². The number of benzene rings is 2. The number of rotatable bonds is 8. The van der Waals surface area contributed by atoms with Gasteiger partial charge in [-0.3, -0.25) is 9.69 Å². The number of amides is 1.